The van der Waals surface area contributed by atoms with Gasteiger partial charge >= 0.3 is 12.2 Å². The number of alkyl halides is 3. The number of likely N-dealkylation sites (N-methyl/N-ethyl adjacent to an activating group) is 1. The molecule has 0 unspecified atom stereocenters. The first-order chi connectivity index (χ1) is 16.1. The largest absolute Gasteiger partial charge is 0.417 e. The van der Waals surface area contributed by atoms with Gasteiger partial charge in [-0.1, -0.05) is 12.1 Å². The van der Waals surface area contributed by atoms with Crippen molar-refractivity contribution in [3.63, 3.8) is 0 Å². The van der Waals surface area contributed by atoms with Crippen LogP contribution in [0.25, 0.3) is 5.57 Å². The average Bonchev–Trinajstić information content (AvgIpc) is 3.07. The topological polar surface area (TPSA) is 76.4 Å². The molecule has 4 rings (SSSR count). The van der Waals surface area contributed by atoms with Gasteiger partial charge in [0.15, 0.2) is 0 Å². The summed E-state index contributed by atoms with van der Waals surface area (Å²) >= 11 is 0. The zero-order chi connectivity index (χ0) is 24.8. The smallest absolute Gasteiger partial charge is 0.355 e. The molecule has 10 heteroatoms. The van der Waals surface area contributed by atoms with E-state index in [2.05, 4.69) is 5.32 Å². The fourth-order valence-electron chi connectivity index (χ4n) is 4.56. The Morgan fingerprint density at radius 1 is 1.21 bits per heavy atom. The molecule has 3 amide bonds. The molecule has 0 saturated carbocycles. The minimum Gasteiger partial charge on any atom is -0.355 e. The van der Waals surface area contributed by atoms with Crippen molar-refractivity contribution >= 4 is 23.2 Å². The van der Waals surface area contributed by atoms with Crippen molar-refractivity contribution in [2.75, 3.05) is 19.0 Å². The standard InChI is InChI=1S/C24H20F4N4O2/c1-30-22(33)17-7-4-13(9-19(17)25)14-5-8-20-21(10-14)31(2)23(34)32(20)16-6-3-15(12-29)18(11-16)24(26,27)28/h3-4,6-7,9-11,20-21H,5,8H2,1-2H3,(H,30,33)/t20-,21-/m1/s1. The molecule has 0 aromatic heterocycles. The Balaban J connectivity index is 1.68. The number of carbonyl (C=O) groups excluding carboxylic acids is 2. The van der Waals surface area contributed by atoms with Crippen molar-refractivity contribution < 1.29 is 27.2 Å². The number of nitriles is 1. The van der Waals surface area contributed by atoms with E-state index < -0.39 is 47.1 Å². The van der Waals surface area contributed by atoms with Crippen molar-refractivity contribution in [2.24, 2.45) is 0 Å². The normalized spacial score (nSPS) is 20.0. The quantitative estimate of drug-likeness (QED) is 0.666. The number of carbonyl (C=O) groups is 2. The minimum atomic E-state index is -4.74. The molecule has 1 aliphatic carbocycles. The zero-order valence-electron chi connectivity index (χ0n) is 18.3. The van der Waals surface area contributed by atoms with Gasteiger partial charge in [0.1, 0.15) is 5.82 Å². The van der Waals surface area contributed by atoms with Crippen LogP contribution in [-0.4, -0.2) is 43.0 Å². The molecule has 1 saturated heterocycles. The van der Waals surface area contributed by atoms with Crippen LogP contribution in [0.3, 0.4) is 0 Å². The number of benzene rings is 2. The highest BCUT2D eigenvalue weighted by molar-refractivity contribution is 5.97. The van der Waals surface area contributed by atoms with Gasteiger partial charge in [0.05, 0.1) is 34.8 Å². The lowest BCUT2D eigenvalue weighted by Crippen LogP contribution is -2.38. The summed E-state index contributed by atoms with van der Waals surface area (Å²) < 4.78 is 54.8. The lowest BCUT2D eigenvalue weighted by molar-refractivity contribution is -0.137. The van der Waals surface area contributed by atoms with E-state index in [1.165, 1.54) is 35.0 Å². The molecule has 0 bridgehead atoms. The Bertz CT molecular complexity index is 1250. The second-order valence-electron chi connectivity index (χ2n) is 8.17. The lowest BCUT2D eigenvalue weighted by Gasteiger charge is -2.30. The van der Waals surface area contributed by atoms with E-state index >= 15 is 0 Å². The summed E-state index contributed by atoms with van der Waals surface area (Å²) in [6, 6.07) is 7.73. The zero-order valence-corrected chi connectivity index (χ0v) is 18.3. The van der Waals surface area contributed by atoms with Crippen molar-refractivity contribution in [1.29, 1.82) is 5.26 Å². The summed E-state index contributed by atoms with van der Waals surface area (Å²) in [5.41, 5.74) is -0.276. The highest BCUT2D eigenvalue weighted by Crippen LogP contribution is 2.41. The molecule has 1 heterocycles. The van der Waals surface area contributed by atoms with Gasteiger partial charge in [0, 0.05) is 19.8 Å². The molecule has 1 fully saturated rings. The van der Waals surface area contributed by atoms with E-state index in [1.54, 1.807) is 19.2 Å². The fourth-order valence-corrected chi connectivity index (χ4v) is 4.56. The van der Waals surface area contributed by atoms with E-state index in [4.69, 9.17) is 5.26 Å². The molecule has 2 aromatic carbocycles. The average molecular weight is 472 g/mol. The van der Waals surface area contributed by atoms with Gasteiger partial charge in [-0.05, 0) is 54.3 Å². The molecule has 1 aliphatic heterocycles. The van der Waals surface area contributed by atoms with Crippen LogP contribution in [0.4, 0.5) is 28.0 Å². The van der Waals surface area contributed by atoms with Crippen LogP contribution in [0, 0.1) is 17.1 Å². The molecule has 34 heavy (non-hydrogen) atoms. The third-order valence-electron chi connectivity index (χ3n) is 6.28. The summed E-state index contributed by atoms with van der Waals surface area (Å²) in [4.78, 5) is 27.5. The number of nitrogens with zero attached hydrogens (tertiary/aromatic N) is 3. The second-order valence-corrected chi connectivity index (χ2v) is 8.17. The number of amides is 3. The van der Waals surface area contributed by atoms with E-state index in [9.17, 15) is 27.2 Å². The number of hydrogen-bond acceptors (Lipinski definition) is 3. The van der Waals surface area contributed by atoms with E-state index in [0.717, 1.165) is 17.7 Å². The maximum atomic E-state index is 14.5. The summed E-state index contributed by atoms with van der Waals surface area (Å²) in [7, 11) is 2.97. The first-order valence-electron chi connectivity index (χ1n) is 10.5. The Morgan fingerprint density at radius 2 is 1.94 bits per heavy atom. The first-order valence-corrected chi connectivity index (χ1v) is 10.5. The van der Waals surface area contributed by atoms with Crippen LogP contribution in [0.1, 0.15) is 39.9 Å². The summed E-state index contributed by atoms with van der Waals surface area (Å²) in [6.45, 7) is 0. The van der Waals surface area contributed by atoms with E-state index in [1.807, 2.05) is 6.08 Å². The molecule has 2 aliphatic rings. The number of hydrogen-bond donors (Lipinski definition) is 1. The summed E-state index contributed by atoms with van der Waals surface area (Å²) in [6.07, 6.45) is -2.03. The van der Waals surface area contributed by atoms with Crippen molar-refractivity contribution in [1.82, 2.24) is 10.2 Å². The Morgan fingerprint density at radius 3 is 2.56 bits per heavy atom. The lowest BCUT2D eigenvalue weighted by atomic mass is 9.87. The maximum Gasteiger partial charge on any atom is 0.417 e. The molecule has 0 radical (unpaired) electrons. The van der Waals surface area contributed by atoms with Crippen molar-refractivity contribution in [2.45, 2.75) is 31.1 Å². The number of anilines is 1. The Hall–Kier alpha value is -3.87. The van der Waals surface area contributed by atoms with Crippen molar-refractivity contribution in [3.05, 3.63) is 70.5 Å². The Labute approximate surface area is 193 Å². The third kappa shape index (κ3) is 3.87. The molecule has 1 N–H and O–H groups in total. The number of urea groups is 1. The van der Waals surface area contributed by atoms with Crippen LogP contribution in [-0.2, 0) is 6.18 Å². The van der Waals surface area contributed by atoms with Crippen LogP contribution in [0.2, 0.25) is 0 Å². The van der Waals surface area contributed by atoms with Crippen LogP contribution < -0.4 is 10.2 Å². The van der Waals surface area contributed by atoms with E-state index in [0.29, 0.717) is 18.4 Å². The molecule has 6 nitrogen and oxygen atoms in total. The minimum absolute atomic E-state index is 0.0634. The molecular formula is C24H20F4N4O2. The number of rotatable bonds is 3. The van der Waals surface area contributed by atoms with Gasteiger partial charge in [-0.25, -0.2) is 9.18 Å². The highest BCUT2D eigenvalue weighted by atomic mass is 19.4. The molecule has 2 atom stereocenters. The van der Waals surface area contributed by atoms with Crippen molar-refractivity contribution in [3.8, 4) is 6.07 Å². The van der Waals surface area contributed by atoms with E-state index in [-0.39, 0.29) is 11.3 Å². The van der Waals surface area contributed by atoms with Gasteiger partial charge in [-0.2, -0.15) is 18.4 Å². The summed E-state index contributed by atoms with van der Waals surface area (Å²) in [5.74, 6) is -1.21. The highest BCUT2D eigenvalue weighted by Gasteiger charge is 2.46. The predicted molar refractivity (Wildman–Crippen MR) is 116 cm³/mol. The first kappa shape index (κ1) is 23.3. The number of allylic oxidation sites excluding steroid dienone is 1. The van der Waals surface area contributed by atoms with Crippen LogP contribution in [0.15, 0.2) is 42.5 Å². The summed E-state index contributed by atoms with van der Waals surface area (Å²) in [5, 5.41) is 11.4. The SMILES string of the molecule is CNC(=O)c1ccc(C2=C[C@@H]3[C@@H](CC2)N(c2ccc(C#N)c(C(F)(F)F)c2)C(=O)N3C)cc1F. The predicted octanol–water partition coefficient (Wildman–Crippen LogP) is 4.56. The van der Waals surface area contributed by atoms with Gasteiger partial charge < -0.3 is 10.2 Å². The Kier molecular flexibility index (Phi) is 5.81. The van der Waals surface area contributed by atoms with Gasteiger partial charge in [-0.3, -0.25) is 9.69 Å². The number of nitrogens with one attached hydrogen (secondary N) is 1. The third-order valence-corrected chi connectivity index (χ3v) is 6.28. The monoisotopic (exact) mass is 472 g/mol. The van der Waals surface area contributed by atoms with Gasteiger partial charge in [-0.15, -0.1) is 0 Å². The molecule has 0 spiro atoms. The second kappa shape index (κ2) is 8.48. The number of fused-ring (bicyclic) bond motifs is 1. The molecule has 2 aromatic rings. The fraction of sp³-hybridized carbons (Fsp3) is 0.292. The molecular weight excluding hydrogens is 452 g/mol. The molecule has 176 valence electrons. The van der Waals surface area contributed by atoms with Crippen LogP contribution >= 0.6 is 0 Å². The van der Waals surface area contributed by atoms with Gasteiger partial charge in [0.25, 0.3) is 5.91 Å². The number of halogens is 4. The van der Waals surface area contributed by atoms with Crippen LogP contribution in [0.5, 0.6) is 0 Å². The van der Waals surface area contributed by atoms with Gasteiger partial charge in [0.2, 0.25) is 0 Å². The maximum absolute atomic E-state index is 14.5.